The van der Waals surface area contributed by atoms with Gasteiger partial charge in [-0.3, -0.25) is 4.79 Å². The van der Waals surface area contributed by atoms with Crippen LogP contribution in [0, 0.1) is 5.92 Å². The second-order valence-electron chi connectivity index (χ2n) is 4.45. The third kappa shape index (κ3) is 4.94. The van der Waals surface area contributed by atoms with Gasteiger partial charge in [0.2, 0.25) is 5.91 Å². The molecule has 1 saturated heterocycles. The summed E-state index contributed by atoms with van der Waals surface area (Å²) in [6.45, 7) is 7.16. The average Bonchev–Trinajstić information content (AvgIpc) is 2.79. The van der Waals surface area contributed by atoms with E-state index in [1.165, 1.54) is 0 Å². The monoisotopic (exact) mass is 228 g/mol. The zero-order valence-corrected chi connectivity index (χ0v) is 10.4. The Morgan fingerprint density at radius 1 is 1.50 bits per heavy atom. The molecule has 1 heterocycles. The largest absolute Gasteiger partial charge is 0.371 e. The van der Waals surface area contributed by atoms with E-state index in [4.69, 9.17) is 4.74 Å². The zero-order chi connectivity index (χ0) is 11.8. The van der Waals surface area contributed by atoms with E-state index in [1.807, 2.05) is 0 Å². The summed E-state index contributed by atoms with van der Waals surface area (Å²) in [6, 6.07) is 0.296. The van der Waals surface area contributed by atoms with Crippen molar-refractivity contribution in [3.63, 3.8) is 0 Å². The van der Waals surface area contributed by atoms with Crippen molar-refractivity contribution in [2.75, 3.05) is 26.3 Å². The van der Waals surface area contributed by atoms with E-state index < -0.39 is 0 Å². The zero-order valence-electron chi connectivity index (χ0n) is 10.4. The second kappa shape index (κ2) is 7.63. The minimum absolute atomic E-state index is 0.0136. The smallest absolute Gasteiger partial charge is 0.246 e. The van der Waals surface area contributed by atoms with Crippen molar-refractivity contribution in [2.45, 2.75) is 39.2 Å². The molecule has 0 saturated carbocycles. The van der Waals surface area contributed by atoms with Gasteiger partial charge in [-0.2, -0.15) is 0 Å². The SMILES string of the molecule is CCC(CC)NC(=O)COCC1CCNC1. The Morgan fingerprint density at radius 3 is 2.81 bits per heavy atom. The summed E-state index contributed by atoms with van der Waals surface area (Å²) in [5.74, 6) is 0.598. The van der Waals surface area contributed by atoms with Crippen molar-refractivity contribution in [3.05, 3.63) is 0 Å². The lowest BCUT2D eigenvalue weighted by molar-refractivity contribution is -0.126. The van der Waals surface area contributed by atoms with Crippen molar-refractivity contribution in [1.82, 2.24) is 10.6 Å². The van der Waals surface area contributed by atoms with Crippen molar-refractivity contribution in [3.8, 4) is 0 Å². The van der Waals surface area contributed by atoms with Crippen LogP contribution in [0.15, 0.2) is 0 Å². The predicted octanol–water partition coefficient (Wildman–Crippen LogP) is 0.917. The molecular weight excluding hydrogens is 204 g/mol. The third-order valence-electron chi connectivity index (χ3n) is 3.10. The molecule has 4 heteroatoms. The molecule has 0 aromatic heterocycles. The number of carbonyl (C=O) groups is 1. The lowest BCUT2D eigenvalue weighted by atomic mass is 10.1. The number of hydrogen-bond donors (Lipinski definition) is 2. The molecule has 1 atom stereocenters. The minimum atomic E-state index is 0.0136. The summed E-state index contributed by atoms with van der Waals surface area (Å²) in [5.41, 5.74) is 0. The number of nitrogens with one attached hydrogen (secondary N) is 2. The van der Waals surface area contributed by atoms with E-state index in [9.17, 15) is 4.79 Å². The lowest BCUT2D eigenvalue weighted by Crippen LogP contribution is -2.36. The van der Waals surface area contributed by atoms with Gasteiger partial charge in [-0.1, -0.05) is 13.8 Å². The molecule has 4 nitrogen and oxygen atoms in total. The predicted molar refractivity (Wildman–Crippen MR) is 64.3 cm³/mol. The van der Waals surface area contributed by atoms with Crippen LogP contribution in [0.4, 0.5) is 0 Å². The molecule has 0 bridgehead atoms. The average molecular weight is 228 g/mol. The molecule has 1 aliphatic rings. The maximum atomic E-state index is 11.5. The summed E-state index contributed by atoms with van der Waals surface area (Å²) in [4.78, 5) is 11.5. The maximum absolute atomic E-state index is 11.5. The Balaban J connectivity index is 2.05. The molecule has 1 unspecified atom stereocenters. The highest BCUT2D eigenvalue weighted by Gasteiger charge is 2.15. The van der Waals surface area contributed by atoms with Crippen LogP contribution in [0.1, 0.15) is 33.1 Å². The van der Waals surface area contributed by atoms with Crippen LogP contribution in [0.25, 0.3) is 0 Å². The minimum Gasteiger partial charge on any atom is -0.371 e. The van der Waals surface area contributed by atoms with Gasteiger partial charge in [-0.15, -0.1) is 0 Å². The van der Waals surface area contributed by atoms with Crippen molar-refractivity contribution >= 4 is 5.91 Å². The number of amides is 1. The fourth-order valence-corrected chi connectivity index (χ4v) is 1.94. The normalized spacial score (nSPS) is 20.3. The van der Waals surface area contributed by atoms with Crippen LogP contribution in [0.5, 0.6) is 0 Å². The van der Waals surface area contributed by atoms with Gasteiger partial charge in [-0.25, -0.2) is 0 Å². The number of hydrogen-bond acceptors (Lipinski definition) is 3. The molecule has 1 fully saturated rings. The van der Waals surface area contributed by atoms with E-state index >= 15 is 0 Å². The van der Waals surface area contributed by atoms with Crippen LogP contribution >= 0.6 is 0 Å². The van der Waals surface area contributed by atoms with Gasteiger partial charge in [0.25, 0.3) is 0 Å². The maximum Gasteiger partial charge on any atom is 0.246 e. The third-order valence-corrected chi connectivity index (χ3v) is 3.10. The van der Waals surface area contributed by atoms with E-state index in [2.05, 4.69) is 24.5 Å². The molecule has 0 aliphatic carbocycles. The van der Waals surface area contributed by atoms with Gasteiger partial charge >= 0.3 is 0 Å². The van der Waals surface area contributed by atoms with E-state index in [-0.39, 0.29) is 12.5 Å². The first-order valence-corrected chi connectivity index (χ1v) is 6.34. The fraction of sp³-hybridized carbons (Fsp3) is 0.917. The second-order valence-corrected chi connectivity index (χ2v) is 4.45. The molecule has 16 heavy (non-hydrogen) atoms. The van der Waals surface area contributed by atoms with Crippen LogP contribution in [0.3, 0.4) is 0 Å². The van der Waals surface area contributed by atoms with E-state index in [1.54, 1.807) is 0 Å². The van der Waals surface area contributed by atoms with Gasteiger partial charge in [0.05, 0.1) is 6.61 Å². The Kier molecular flexibility index (Phi) is 6.42. The summed E-state index contributed by atoms with van der Waals surface area (Å²) >= 11 is 0. The molecule has 0 aromatic carbocycles. The Hall–Kier alpha value is -0.610. The molecule has 1 amide bonds. The lowest BCUT2D eigenvalue weighted by Gasteiger charge is -2.15. The van der Waals surface area contributed by atoms with E-state index in [0.717, 1.165) is 32.4 Å². The van der Waals surface area contributed by atoms with Gasteiger partial charge in [0.1, 0.15) is 6.61 Å². The summed E-state index contributed by atoms with van der Waals surface area (Å²) in [7, 11) is 0. The van der Waals surface area contributed by atoms with Gasteiger partial charge < -0.3 is 15.4 Å². The Bertz CT molecular complexity index is 199. The van der Waals surface area contributed by atoms with E-state index in [0.29, 0.717) is 18.6 Å². The number of ether oxygens (including phenoxy) is 1. The van der Waals surface area contributed by atoms with Crippen LogP contribution in [-0.2, 0) is 9.53 Å². The molecule has 2 N–H and O–H groups in total. The molecule has 1 aliphatic heterocycles. The molecule has 0 aromatic rings. The molecule has 94 valence electrons. The highest BCUT2D eigenvalue weighted by atomic mass is 16.5. The molecule has 0 radical (unpaired) electrons. The molecular formula is C12H24N2O2. The van der Waals surface area contributed by atoms with Crippen LogP contribution in [-0.4, -0.2) is 38.3 Å². The first kappa shape index (κ1) is 13.5. The Labute approximate surface area is 98.1 Å². The highest BCUT2D eigenvalue weighted by Crippen LogP contribution is 2.07. The van der Waals surface area contributed by atoms with Crippen LogP contribution in [0.2, 0.25) is 0 Å². The summed E-state index contributed by atoms with van der Waals surface area (Å²) in [5, 5.41) is 6.24. The van der Waals surface area contributed by atoms with Crippen molar-refractivity contribution in [1.29, 1.82) is 0 Å². The standard InChI is InChI=1S/C12H24N2O2/c1-3-11(4-2)14-12(15)9-16-8-10-5-6-13-7-10/h10-11,13H,3-9H2,1-2H3,(H,14,15). The number of carbonyl (C=O) groups excluding carboxylic acids is 1. The van der Waals surface area contributed by atoms with Crippen LogP contribution < -0.4 is 10.6 Å². The first-order chi connectivity index (χ1) is 7.76. The molecule has 1 rings (SSSR count). The first-order valence-electron chi connectivity index (χ1n) is 6.34. The van der Waals surface area contributed by atoms with Gasteiger partial charge in [0, 0.05) is 12.6 Å². The number of rotatable bonds is 7. The van der Waals surface area contributed by atoms with Gasteiger partial charge in [0.15, 0.2) is 0 Å². The quantitative estimate of drug-likeness (QED) is 0.681. The summed E-state index contributed by atoms with van der Waals surface area (Å²) in [6.07, 6.45) is 3.12. The summed E-state index contributed by atoms with van der Waals surface area (Å²) < 4.78 is 5.42. The van der Waals surface area contributed by atoms with Crippen molar-refractivity contribution in [2.24, 2.45) is 5.92 Å². The van der Waals surface area contributed by atoms with Gasteiger partial charge in [-0.05, 0) is 31.7 Å². The highest BCUT2D eigenvalue weighted by molar-refractivity contribution is 5.77. The van der Waals surface area contributed by atoms with Crippen molar-refractivity contribution < 1.29 is 9.53 Å². The molecule has 0 spiro atoms. The fourth-order valence-electron chi connectivity index (χ4n) is 1.94. The topological polar surface area (TPSA) is 50.4 Å². The Morgan fingerprint density at radius 2 is 2.25 bits per heavy atom.